The molecule has 176 valence electrons. The summed E-state index contributed by atoms with van der Waals surface area (Å²) in [5, 5.41) is 3.54. The molecule has 1 saturated heterocycles. The molecule has 2 aliphatic rings. The molecule has 0 bridgehead atoms. The number of aromatic amines is 1. The minimum atomic E-state index is -4.54. The summed E-state index contributed by atoms with van der Waals surface area (Å²) in [6, 6.07) is 4.71. The second-order valence-electron chi connectivity index (χ2n) is 8.56. The van der Waals surface area contributed by atoms with Gasteiger partial charge in [0.25, 0.3) is 0 Å². The number of nitrogens with one attached hydrogen (secondary N) is 2. The van der Waals surface area contributed by atoms with Crippen molar-refractivity contribution in [1.82, 2.24) is 19.9 Å². The summed E-state index contributed by atoms with van der Waals surface area (Å²) < 4.78 is 65.4. The number of morpholine rings is 1. The Hall–Kier alpha value is -2.92. The zero-order valence-electron chi connectivity index (χ0n) is 18.0. The van der Waals surface area contributed by atoms with Gasteiger partial charge in [0.2, 0.25) is 0 Å². The number of benzene rings is 1. The number of rotatable bonds is 3. The Kier molecular flexibility index (Phi) is 5.40. The van der Waals surface area contributed by atoms with Crippen LogP contribution < -0.4 is 10.1 Å². The van der Waals surface area contributed by atoms with E-state index in [4.69, 9.17) is 9.47 Å². The largest absolute Gasteiger partial charge is 0.491 e. The standard InChI is InChI=1S/C22H23F4N5O2/c1-11-7-31(8-12(2)33-11)16-9-32-17-5-13(23)3-4-14(17)19(16)30-21-15-6-18(22(24,25)26)29-20(15)27-10-28-21/h3-6,10-12,16,19H,7-9H2,1-2H3,(H2,27,28,29,30)/t11-,12+,16-,19-/m1/s1. The van der Waals surface area contributed by atoms with Gasteiger partial charge in [0, 0.05) is 24.7 Å². The summed E-state index contributed by atoms with van der Waals surface area (Å²) in [5.74, 6) is 0.228. The van der Waals surface area contributed by atoms with Gasteiger partial charge in [0.15, 0.2) is 0 Å². The molecule has 0 saturated carbocycles. The van der Waals surface area contributed by atoms with Crippen LogP contribution in [0, 0.1) is 5.82 Å². The lowest BCUT2D eigenvalue weighted by Crippen LogP contribution is -2.56. The first kappa shape index (κ1) is 21.9. The highest BCUT2D eigenvalue weighted by atomic mass is 19.4. The van der Waals surface area contributed by atoms with Gasteiger partial charge in [-0.2, -0.15) is 13.2 Å². The van der Waals surface area contributed by atoms with Crippen LogP contribution in [-0.2, 0) is 10.9 Å². The van der Waals surface area contributed by atoms with Crippen LogP contribution in [0.15, 0.2) is 30.6 Å². The summed E-state index contributed by atoms with van der Waals surface area (Å²) in [5.41, 5.74) is -0.114. The molecular formula is C22H23F4N5O2. The minimum absolute atomic E-state index is 0.00814. The average Bonchev–Trinajstić information content (AvgIpc) is 3.19. The van der Waals surface area contributed by atoms with E-state index in [9.17, 15) is 17.6 Å². The maximum atomic E-state index is 13.9. The van der Waals surface area contributed by atoms with Gasteiger partial charge < -0.3 is 19.8 Å². The fourth-order valence-electron chi connectivity index (χ4n) is 4.70. The zero-order chi connectivity index (χ0) is 23.3. The Morgan fingerprint density at radius 2 is 1.88 bits per heavy atom. The molecule has 11 heteroatoms. The van der Waals surface area contributed by atoms with Crippen molar-refractivity contribution in [3.05, 3.63) is 47.7 Å². The Bertz CT molecular complexity index is 1160. The predicted octanol–water partition coefficient (Wildman–Crippen LogP) is 4.14. The number of hydrogen-bond donors (Lipinski definition) is 2. The van der Waals surface area contributed by atoms with Gasteiger partial charge in [-0.25, -0.2) is 14.4 Å². The molecule has 0 aliphatic carbocycles. The van der Waals surface area contributed by atoms with E-state index in [1.165, 1.54) is 18.5 Å². The summed E-state index contributed by atoms with van der Waals surface area (Å²) in [7, 11) is 0. The van der Waals surface area contributed by atoms with Crippen LogP contribution in [0.25, 0.3) is 11.0 Å². The highest BCUT2D eigenvalue weighted by molar-refractivity contribution is 5.88. The molecule has 3 aromatic rings. The molecule has 2 aliphatic heterocycles. The fourth-order valence-corrected chi connectivity index (χ4v) is 4.70. The van der Waals surface area contributed by atoms with Crippen LogP contribution in [0.5, 0.6) is 5.75 Å². The van der Waals surface area contributed by atoms with Crippen molar-refractivity contribution < 1.29 is 27.0 Å². The van der Waals surface area contributed by atoms with Crippen molar-refractivity contribution in [3.8, 4) is 5.75 Å². The number of halogens is 4. The molecule has 33 heavy (non-hydrogen) atoms. The molecule has 1 fully saturated rings. The lowest BCUT2D eigenvalue weighted by Gasteiger charge is -2.45. The van der Waals surface area contributed by atoms with Crippen molar-refractivity contribution in [2.75, 3.05) is 25.0 Å². The maximum absolute atomic E-state index is 13.9. The van der Waals surface area contributed by atoms with Gasteiger partial charge in [-0.3, -0.25) is 4.90 Å². The SMILES string of the molecule is C[C@@H]1CN([C@@H]2COc3cc(F)ccc3[C@H]2Nc2ncnc3[nH]c(C(F)(F)F)cc23)C[C@H](C)O1. The number of fused-ring (bicyclic) bond motifs is 2. The molecule has 5 rings (SSSR count). The molecule has 4 atom stereocenters. The van der Waals surface area contributed by atoms with Crippen LogP contribution in [0.1, 0.15) is 31.1 Å². The van der Waals surface area contributed by atoms with E-state index in [1.54, 1.807) is 6.07 Å². The minimum Gasteiger partial charge on any atom is -0.491 e. The first-order valence-corrected chi connectivity index (χ1v) is 10.7. The van der Waals surface area contributed by atoms with Gasteiger partial charge in [0.05, 0.1) is 29.7 Å². The Balaban J connectivity index is 1.55. The van der Waals surface area contributed by atoms with Crippen LogP contribution >= 0.6 is 0 Å². The van der Waals surface area contributed by atoms with Crippen molar-refractivity contribution in [1.29, 1.82) is 0 Å². The van der Waals surface area contributed by atoms with Crippen molar-refractivity contribution in [2.45, 2.75) is 44.3 Å². The van der Waals surface area contributed by atoms with Gasteiger partial charge in [-0.05, 0) is 26.0 Å². The second-order valence-corrected chi connectivity index (χ2v) is 8.56. The molecule has 4 heterocycles. The topological polar surface area (TPSA) is 75.3 Å². The number of alkyl halides is 3. The highest BCUT2D eigenvalue weighted by Gasteiger charge is 2.39. The molecule has 0 unspecified atom stereocenters. The molecule has 0 amide bonds. The number of hydrogen-bond acceptors (Lipinski definition) is 6. The smallest absolute Gasteiger partial charge is 0.431 e. The van der Waals surface area contributed by atoms with E-state index >= 15 is 0 Å². The van der Waals surface area contributed by atoms with Crippen molar-refractivity contribution in [3.63, 3.8) is 0 Å². The summed E-state index contributed by atoms with van der Waals surface area (Å²) in [6.07, 6.45) is -3.31. The monoisotopic (exact) mass is 465 g/mol. The van der Waals surface area contributed by atoms with Crippen LogP contribution in [-0.4, -0.2) is 57.8 Å². The molecule has 0 radical (unpaired) electrons. The zero-order valence-corrected chi connectivity index (χ0v) is 18.0. The fraction of sp³-hybridized carbons (Fsp3) is 0.455. The predicted molar refractivity (Wildman–Crippen MR) is 113 cm³/mol. The Morgan fingerprint density at radius 1 is 1.12 bits per heavy atom. The summed E-state index contributed by atoms with van der Waals surface area (Å²) in [6.45, 7) is 5.58. The Labute approximate surface area is 187 Å². The third-order valence-corrected chi connectivity index (χ3v) is 6.05. The van der Waals surface area contributed by atoms with Crippen LogP contribution in [0.3, 0.4) is 0 Å². The van der Waals surface area contributed by atoms with Crippen molar-refractivity contribution >= 4 is 16.9 Å². The molecule has 7 nitrogen and oxygen atoms in total. The number of ether oxygens (including phenoxy) is 2. The third kappa shape index (κ3) is 4.22. The third-order valence-electron chi connectivity index (χ3n) is 6.05. The van der Waals surface area contributed by atoms with E-state index in [0.29, 0.717) is 24.4 Å². The molecule has 2 N–H and O–H groups in total. The van der Waals surface area contributed by atoms with E-state index < -0.39 is 23.7 Å². The van der Waals surface area contributed by atoms with E-state index in [1.807, 2.05) is 13.8 Å². The van der Waals surface area contributed by atoms with Gasteiger partial charge in [-0.1, -0.05) is 6.07 Å². The van der Waals surface area contributed by atoms with E-state index in [-0.39, 0.29) is 41.7 Å². The maximum Gasteiger partial charge on any atom is 0.431 e. The van der Waals surface area contributed by atoms with Gasteiger partial charge in [-0.15, -0.1) is 0 Å². The number of aromatic nitrogens is 3. The number of H-pyrrole nitrogens is 1. The number of nitrogens with zero attached hydrogens (tertiary/aromatic N) is 3. The van der Waals surface area contributed by atoms with Crippen molar-refractivity contribution in [2.24, 2.45) is 0 Å². The Morgan fingerprint density at radius 3 is 2.61 bits per heavy atom. The van der Waals surface area contributed by atoms with E-state index in [0.717, 1.165) is 6.07 Å². The van der Waals surface area contributed by atoms with Crippen LogP contribution in [0.2, 0.25) is 0 Å². The first-order valence-electron chi connectivity index (χ1n) is 10.7. The quantitative estimate of drug-likeness (QED) is 0.567. The number of anilines is 1. The summed E-state index contributed by atoms with van der Waals surface area (Å²) >= 11 is 0. The summed E-state index contributed by atoms with van der Waals surface area (Å²) in [4.78, 5) is 12.7. The second kappa shape index (κ2) is 8.14. The molecule has 1 aromatic carbocycles. The van der Waals surface area contributed by atoms with E-state index in [2.05, 4.69) is 25.2 Å². The highest BCUT2D eigenvalue weighted by Crippen LogP contribution is 2.39. The first-order chi connectivity index (χ1) is 15.7. The van der Waals surface area contributed by atoms with Gasteiger partial charge in [0.1, 0.15) is 41.7 Å². The normalized spacial score (nSPS) is 26.1. The lowest BCUT2D eigenvalue weighted by atomic mass is 9.93. The molecule has 2 aromatic heterocycles. The van der Waals surface area contributed by atoms with Gasteiger partial charge >= 0.3 is 6.18 Å². The molecule has 0 spiro atoms. The lowest BCUT2D eigenvalue weighted by molar-refractivity contribution is -0.140. The average molecular weight is 465 g/mol. The molecular weight excluding hydrogens is 442 g/mol. The van der Waals surface area contributed by atoms with Crippen LogP contribution in [0.4, 0.5) is 23.4 Å².